The van der Waals surface area contributed by atoms with Crippen molar-refractivity contribution in [3.05, 3.63) is 167 Å². The topological polar surface area (TPSA) is 44.8 Å². The maximum absolute atomic E-state index is 14.4. The molecule has 1 heterocycles. The molecule has 4 nitrogen and oxygen atoms in total. The van der Waals surface area contributed by atoms with Crippen LogP contribution in [0.5, 0.6) is 17.2 Å². The molecule has 8 rings (SSSR count). The van der Waals surface area contributed by atoms with E-state index in [-0.39, 0.29) is 5.78 Å². The van der Waals surface area contributed by atoms with E-state index < -0.39 is 5.60 Å². The van der Waals surface area contributed by atoms with Gasteiger partial charge in [0.2, 0.25) is 0 Å². The standard InChI is InChI=1S/C40H28O4/c1-42-33-22-12-10-20-31(33)40(32-21-11-13-23-34(32)43-2)24-30(25-14-4-3-5-15-25)36-37-35(26-16-6-8-18-28(26)38(37)41)27-17-7-9-19-29(27)39(36)44-40/h3-24H,1-2H3. The van der Waals surface area contributed by atoms with Gasteiger partial charge in [-0.15, -0.1) is 0 Å². The molecular formula is C40H28O4. The van der Waals surface area contributed by atoms with E-state index in [2.05, 4.69) is 30.3 Å². The minimum atomic E-state index is -1.16. The van der Waals surface area contributed by atoms with Gasteiger partial charge in [0.15, 0.2) is 11.4 Å². The van der Waals surface area contributed by atoms with Crippen molar-refractivity contribution in [2.75, 3.05) is 14.2 Å². The Bertz CT molecular complexity index is 2090. The molecule has 0 unspecified atom stereocenters. The summed E-state index contributed by atoms with van der Waals surface area (Å²) in [5.41, 5.74) is 6.45. The molecule has 0 amide bonds. The number of ether oxygens (including phenoxy) is 3. The Labute approximate surface area is 255 Å². The Morgan fingerprint density at radius 1 is 0.545 bits per heavy atom. The zero-order valence-corrected chi connectivity index (χ0v) is 24.3. The third-order valence-corrected chi connectivity index (χ3v) is 8.82. The Hall–Kier alpha value is -5.61. The highest BCUT2D eigenvalue weighted by Crippen LogP contribution is 2.57. The van der Waals surface area contributed by atoms with Gasteiger partial charge in [0, 0.05) is 38.8 Å². The number of fused-ring (bicyclic) bond motifs is 8. The van der Waals surface area contributed by atoms with Crippen molar-refractivity contribution in [2.24, 2.45) is 0 Å². The lowest BCUT2D eigenvalue weighted by molar-refractivity contribution is 0.104. The molecule has 0 spiro atoms. The van der Waals surface area contributed by atoms with Crippen LogP contribution in [0, 0.1) is 0 Å². The fourth-order valence-electron chi connectivity index (χ4n) is 6.94. The monoisotopic (exact) mass is 572 g/mol. The molecule has 1 aliphatic heterocycles. The second-order valence-electron chi connectivity index (χ2n) is 11.0. The minimum Gasteiger partial charge on any atom is -0.496 e. The first-order chi connectivity index (χ1) is 21.7. The van der Waals surface area contributed by atoms with Crippen molar-refractivity contribution in [1.82, 2.24) is 0 Å². The minimum absolute atomic E-state index is 0.00474. The highest BCUT2D eigenvalue weighted by Gasteiger charge is 2.46. The van der Waals surface area contributed by atoms with Crippen molar-refractivity contribution in [2.45, 2.75) is 5.60 Å². The second-order valence-corrected chi connectivity index (χ2v) is 11.0. The lowest BCUT2D eigenvalue weighted by atomic mass is 9.76. The first-order valence-corrected chi connectivity index (χ1v) is 14.6. The highest BCUT2D eigenvalue weighted by atomic mass is 16.5. The molecule has 44 heavy (non-hydrogen) atoms. The second kappa shape index (κ2) is 9.99. The Morgan fingerprint density at radius 3 is 1.75 bits per heavy atom. The normalized spacial score (nSPS) is 14.2. The molecule has 6 aromatic rings. The molecule has 0 atom stereocenters. The molecule has 0 saturated carbocycles. The SMILES string of the molecule is COc1ccccc1C1(c2ccccc2OC)C=C(c2ccccc2)c2c3c(c4ccccc4c2O1)-c1ccccc1C3=O. The van der Waals surface area contributed by atoms with E-state index in [1.807, 2.05) is 103 Å². The molecule has 0 saturated heterocycles. The van der Waals surface area contributed by atoms with Crippen LogP contribution >= 0.6 is 0 Å². The van der Waals surface area contributed by atoms with Gasteiger partial charge in [-0.3, -0.25) is 4.79 Å². The molecular weight excluding hydrogens is 544 g/mol. The van der Waals surface area contributed by atoms with Gasteiger partial charge in [-0.2, -0.15) is 0 Å². The van der Waals surface area contributed by atoms with E-state index in [0.717, 1.165) is 49.7 Å². The van der Waals surface area contributed by atoms with Crippen LogP contribution in [0.4, 0.5) is 0 Å². The number of hydrogen-bond donors (Lipinski definition) is 0. The molecule has 0 bridgehead atoms. The van der Waals surface area contributed by atoms with Crippen LogP contribution in [0.1, 0.15) is 38.2 Å². The fraction of sp³-hybridized carbons (Fsp3) is 0.0750. The molecule has 1 aliphatic carbocycles. The Morgan fingerprint density at radius 2 is 1.09 bits per heavy atom. The quantitative estimate of drug-likeness (QED) is 0.207. The van der Waals surface area contributed by atoms with E-state index in [4.69, 9.17) is 14.2 Å². The maximum atomic E-state index is 14.4. The average molecular weight is 573 g/mol. The summed E-state index contributed by atoms with van der Waals surface area (Å²) in [6.45, 7) is 0. The number of methoxy groups -OCH3 is 2. The van der Waals surface area contributed by atoms with Crippen LogP contribution in [0.3, 0.4) is 0 Å². The summed E-state index contributed by atoms with van der Waals surface area (Å²) in [6, 6.07) is 42.2. The van der Waals surface area contributed by atoms with Gasteiger partial charge in [-0.25, -0.2) is 0 Å². The van der Waals surface area contributed by atoms with Gasteiger partial charge in [0.05, 0.1) is 14.2 Å². The molecule has 2 aliphatic rings. The summed E-state index contributed by atoms with van der Waals surface area (Å²) in [5, 5.41) is 1.91. The van der Waals surface area contributed by atoms with Crippen molar-refractivity contribution < 1.29 is 19.0 Å². The van der Waals surface area contributed by atoms with Crippen molar-refractivity contribution in [3.63, 3.8) is 0 Å². The Balaban J connectivity index is 1.57. The summed E-state index contributed by atoms with van der Waals surface area (Å²) < 4.78 is 19.4. The first kappa shape index (κ1) is 26.1. The van der Waals surface area contributed by atoms with E-state index >= 15 is 0 Å². The average Bonchev–Trinajstić information content (AvgIpc) is 3.40. The predicted octanol–water partition coefficient (Wildman–Crippen LogP) is 8.84. The summed E-state index contributed by atoms with van der Waals surface area (Å²) >= 11 is 0. The van der Waals surface area contributed by atoms with Crippen LogP contribution in [0.15, 0.2) is 133 Å². The first-order valence-electron chi connectivity index (χ1n) is 14.6. The molecule has 212 valence electrons. The summed E-state index contributed by atoms with van der Waals surface area (Å²) in [6.07, 6.45) is 2.14. The van der Waals surface area contributed by atoms with E-state index in [1.54, 1.807) is 14.2 Å². The summed E-state index contributed by atoms with van der Waals surface area (Å²) in [4.78, 5) is 14.4. The van der Waals surface area contributed by atoms with Gasteiger partial charge in [-0.05, 0) is 40.3 Å². The largest absolute Gasteiger partial charge is 0.496 e. The third-order valence-electron chi connectivity index (χ3n) is 8.82. The van der Waals surface area contributed by atoms with Gasteiger partial charge < -0.3 is 14.2 Å². The Kier molecular flexibility index (Phi) is 5.92. The third kappa shape index (κ3) is 3.61. The van der Waals surface area contributed by atoms with Crippen LogP contribution in [0.25, 0.3) is 27.5 Å². The highest BCUT2D eigenvalue weighted by molar-refractivity contribution is 6.29. The molecule has 0 radical (unpaired) electrons. The van der Waals surface area contributed by atoms with Gasteiger partial charge in [0.1, 0.15) is 17.2 Å². The molecule has 6 aromatic carbocycles. The summed E-state index contributed by atoms with van der Waals surface area (Å²) in [5.74, 6) is 2.02. The van der Waals surface area contributed by atoms with Crippen molar-refractivity contribution in [1.29, 1.82) is 0 Å². The van der Waals surface area contributed by atoms with Crippen molar-refractivity contribution >= 4 is 22.1 Å². The van der Waals surface area contributed by atoms with Gasteiger partial charge in [-0.1, -0.05) is 115 Å². The lowest BCUT2D eigenvalue weighted by Gasteiger charge is -2.40. The van der Waals surface area contributed by atoms with Crippen LogP contribution < -0.4 is 14.2 Å². The number of rotatable bonds is 5. The van der Waals surface area contributed by atoms with E-state index in [1.165, 1.54) is 0 Å². The predicted molar refractivity (Wildman–Crippen MR) is 174 cm³/mol. The lowest BCUT2D eigenvalue weighted by Crippen LogP contribution is -2.36. The van der Waals surface area contributed by atoms with Gasteiger partial charge >= 0.3 is 0 Å². The van der Waals surface area contributed by atoms with Gasteiger partial charge in [0.25, 0.3) is 0 Å². The van der Waals surface area contributed by atoms with Crippen LogP contribution in [-0.2, 0) is 5.60 Å². The molecule has 0 N–H and O–H groups in total. The zero-order chi connectivity index (χ0) is 29.8. The fourth-order valence-corrected chi connectivity index (χ4v) is 6.94. The number of para-hydroxylation sites is 2. The number of ketones is 1. The number of carbonyl (C=O) groups excluding carboxylic acids is 1. The smallest absolute Gasteiger partial charge is 0.195 e. The van der Waals surface area contributed by atoms with Crippen LogP contribution in [0.2, 0.25) is 0 Å². The maximum Gasteiger partial charge on any atom is 0.195 e. The molecule has 4 heteroatoms. The van der Waals surface area contributed by atoms with E-state index in [9.17, 15) is 4.79 Å². The number of benzene rings is 6. The summed E-state index contributed by atoms with van der Waals surface area (Å²) in [7, 11) is 3.34. The zero-order valence-electron chi connectivity index (χ0n) is 24.3. The molecule has 0 fully saturated rings. The number of hydrogen-bond acceptors (Lipinski definition) is 4. The van der Waals surface area contributed by atoms with E-state index in [0.29, 0.717) is 28.4 Å². The van der Waals surface area contributed by atoms with Crippen molar-refractivity contribution in [3.8, 4) is 28.4 Å². The van der Waals surface area contributed by atoms with Crippen LogP contribution in [-0.4, -0.2) is 20.0 Å². The number of carbonyl (C=O) groups is 1. The molecule has 0 aromatic heterocycles.